The normalized spacial score (nSPS) is 14.7. The van der Waals surface area contributed by atoms with Gasteiger partial charge in [0.15, 0.2) is 11.5 Å². The summed E-state index contributed by atoms with van der Waals surface area (Å²) in [6.07, 6.45) is -4.04. The average Bonchev–Trinajstić information content (AvgIpc) is 3.56. The predicted molar refractivity (Wildman–Crippen MR) is 120 cm³/mol. The summed E-state index contributed by atoms with van der Waals surface area (Å²) in [5.41, 5.74) is 2.96. The number of hydrogen-bond acceptors (Lipinski definition) is 3. The lowest BCUT2D eigenvalue weighted by atomic mass is 9.93. The fraction of sp³-hybridized carbons (Fsp3) is 0.269. The molecule has 1 aliphatic carbocycles. The van der Waals surface area contributed by atoms with Crippen LogP contribution in [0.25, 0.3) is 11.1 Å². The van der Waals surface area contributed by atoms with Gasteiger partial charge in [-0.05, 0) is 71.8 Å². The van der Waals surface area contributed by atoms with Gasteiger partial charge in [-0.2, -0.15) is 13.2 Å². The summed E-state index contributed by atoms with van der Waals surface area (Å²) < 4.78 is 38.5. The smallest absolute Gasteiger partial charge is 0.393 e. The van der Waals surface area contributed by atoms with Gasteiger partial charge in [0.2, 0.25) is 5.91 Å². The Morgan fingerprint density at radius 1 is 1.00 bits per heavy atom. The summed E-state index contributed by atoms with van der Waals surface area (Å²) in [5, 5.41) is 19.5. The van der Waals surface area contributed by atoms with Crippen LogP contribution in [0, 0.1) is 6.92 Å². The number of aromatic hydroxyl groups is 2. The van der Waals surface area contributed by atoms with Gasteiger partial charge in [-0.25, -0.2) is 0 Å². The summed E-state index contributed by atoms with van der Waals surface area (Å²) in [4.78, 5) is 15.0. The van der Waals surface area contributed by atoms with Gasteiger partial charge in [-0.3, -0.25) is 4.79 Å². The largest absolute Gasteiger partial charge is 0.504 e. The molecule has 0 spiro atoms. The number of nitrogens with zero attached hydrogens (tertiary/aromatic N) is 1. The number of halogens is 3. The van der Waals surface area contributed by atoms with E-state index >= 15 is 0 Å². The third-order valence-corrected chi connectivity index (χ3v) is 6.24. The van der Waals surface area contributed by atoms with E-state index in [0.29, 0.717) is 29.7 Å². The number of aryl methyl sites for hydroxylation is 1. The highest BCUT2D eigenvalue weighted by Crippen LogP contribution is 2.51. The van der Waals surface area contributed by atoms with Gasteiger partial charge >= 0.3 is 6.18 Å². The lowest BCUT2D eigenvalue weighted by Gasteiger charge is -2.25. The molecule has 4 nitrogen and oxygen atoms in total. The number of benzene rings is 3. The Morgan fingerprint density at radius 3 is 2.36 bits per heavy atom. The molecule has 0 saturated heterocycles. The molecule has 0 atom stereocenters. The zero-order valence-corrected chi connectivity index (χ0v) is 18.3. The molecule has 0 unspecified atom stereocenters. The number of likely N-dealkylation sites (N-methyl/N-ethyl adjacent to an activating group) is 1. The molecule has 1 fully saturated rings. The topological polar surface area (TPSA) is 60.8 Å². The molecule has 0 aromatic heterocycles. The Labute approximate surface area is 189 Å². The zero-order valence-electron chi connectivity index (χ0n) is 18.3. The van der Waals surface area contributed by atoms with Gasteiger partial charge in [0.05, 0.1) is 11.8 Å². The summed E-state index contributed by atoms with van der Waals surface area (Å²) in [7, 11) is 1.66. The van der Waals surface area contributed by atoms with E-state index in [0.717, 1.165) is 11.1 Å². The first-order valence-electron chi connectivity index (χ1n) is 10.6. The number of carbonyl (C=O) groups is 1. The maximum Gasteiger partial charge on any atom is 0.393 e. The van der Waals surface area contributed by atoms with Crippen LogP contribution in [-0.4, -0.2) is 29.3 Å². The van der Waals surface area contributed by atoms with Gasteiger partial charge in [-0.15, -0.1) is 0 Å². The molecule has 7 heteroatoms. The van der Waals surface area contributed by atoms with Crippen LogP contribution in [0.4, 0.5) is 18.9 Å². The van der Waals surface area contributed by atoms with Gasteiger partial charge in [0.1, 0.15) is 0 Å². The van der Waals surface area contributed by atoms with Crippen molar-refractivity contribution in [3.05, 3.63) is 77.4 Å². The van der Waals surface area contributed by atoms with Gasteiger partial charge in [0.25, 0.3) is 0 Å². The van der Waals surface area contributed by atoms with E-state index in [9.17, 15) is 28.2 Å². The zero-order chi connectivity index (χ0) is 24.0. The quantitative estimate of drug-likeness (QED) is 0.473. The molecule has 1 saturated carbocycles. The van der Waals surface area contributed by atoms with E-state index in [1.165, 1.54) is 24.3 Å². The van der Waals surface area contributed by atoms with E-state index in [2.05, 4.69) is 0 Å². The van der Waals surface area contributed by atoms with Crippen LogP contribution >= 0.6 is 0 Å². The fourth-order valence-electron chi connectivity index (χ4n) is 4.22. The van der Waals surface area contributed by atoms with Crippen molar-refractivity contribution in [2.24, 2.45) is 0 Å². The van der Waals surface area contributed by atoms with Crippen molar-refractivity contribution in [2.75, 3.05) is 11.9 Å². The summed E-state index contributed by atoms with van der Waals surface area (Å²) in [5.74, 6) is -0.662. The first-order chi connectivity index (χ1) is 15.5. The minimum absolute atomic E-state index is 0.145. The lowest BCUT2D eigenvalue weighted by molar-refractivity contribution is -0.127. The number of carbonyl (C=O) groups excluding carboxylic acids is 1. The van der Waals surface area contributed by atoms with Crippen LogP contribution in [-0.2, 0) is 16.6 Å². The molecule has 0 bridgehead atoms. The van der Waals surface area contributed by atoms with E-state index in [4.69, 9.17) is 0 Å². The minimum Gasteiger partial charge on any atom is -0.504 e. The number of amides is 1. The molecule has 33 heavy (non-hydrogen) atoms. The fourth-order valence-corrected chi connectivity index (χ4v) is 4.22. The average molecular weight is 455 g/mol. The molecule has 1 amide bonds. The molecule has 3 aromatic carbocycles. The summed E-state index contributed by atoms with van der Waals surface area (Å²) in [6.45, 7) is 1.87. The van der Waals surface area contributed by atoms with Gasteiger partial charge < -0.3 is 15.1 Å². The van der Waals surface area contributed by atoms with Crippen LogP contribution in [0.15, 0.2) is 60.7 Å². The molecule has 172 valence electrons. The molecule has 2 N–H and O–H groups in total. The minimum atomic E-state index is -4.29. The number of anilines is 1. The molecule has 3 aromatic rings. The SMILES string of the molecule is Cc1ccc(N(C)C(=O)C2(c3ccc(O)c(O)c3)CC2)cc1-c1cccc(CC(F)(F)F)c1. The van der Waals surface area contributed by atoms with Gasteiger partial charge in [0, 0.05) is 12.7 Å². The van der Waals surface area contributed by atoms with Crippen LogP contribution in [0.1, 0.15) is 29.5 Å². The van der Waals surface area contributed by atoms with E-state index in [1.54, 1.807) is 36.2 Å². The van der Waals surface area contributed by atoms with Crippen LogP contribution in [0.2, 0.25) is 0 Å². The van der Waals surface area contributed by atoms with Gasteiger partial charge in [-0.1, -0.05) is 36.4 Å². The standard InChI is InChI=1S/C26H24F3NO3/c1-16-6-8-20(14-21(16)18-5-3-4-17(12-18)15-26(27,28)29)30(2)24(33)25(10-11-25)19-7-9-22(31)23(32)13-19/h3-9,12-14,31-32H,10-11,15H2,1-2H3. The van der Waals surface area contributed by atoms with Crippen molar-refractivity contribution in [1.29, 1.82) is 0 Å². The number of phenolic OH excluding ortho intramolecular Hbond substituents is 2. The number of hydrogen-bond donors (Lipinski definition) is 2. The van der Waals surface area contributed by atoms with E-state index in [-0.39, 0.29) is 23.0 Å². The summed E-state index contributed by atoms with van der Waals surface area (Å²) >= 11 is 0. The molecule has 0 aliphatic heterocycles. The Bertz CT molecular complexity index is 1220. The Balaban J connectivity index is 1.64. The highest BCUT2D eigenvalue weighted by Gasteiger charge is 2.53. The molecule has 0 radical (unpaired) electrons. The second kappa shape index (κ2) is 8.14. The van der Waals surface area contributed by atoms with Crippen molar-refractivity contribution < 1.29 is 28.2 Å². The Hall–Kier alpha value is -3.48. The van der Waals surface area contributed by atoms with Crippen molar-refractivity contribution in [2.45, 2.75) is 37.8 Å². The van der Waals surface area contributed by atoms with Crippen molar-refractivity contribution in [1.82, 2.24) is 0 Å². The Morgan fingerprint density at radius 2 is 1.73 bits per heavy atom. The first kappa shape index (κ1) is 22.7. The molecular formula is C26H24F3NO3. The van der Waals surface area contributed by atoms with Crippen molar-refractivity contribution >= 4 is 11.6 Å². The van der Waals surface area contributed by atoms with E-state index < -0.39 is 18.0 Å². The predicted octanol–water partition coefficient (Wildman–Crippen LogP) is 5.87. The summed E-state index contributed by atoms with van der Waals surface area (Å²) in [6, 6.07) is 16.2. The molecule has 1 aliphatic rings. The second-order valence-electron chi connectivity index (χ2n) is 8.64. The van der Waals surface area contributed by atoms with E-state index in [1.807, 2.05) is 19.1 Å². The number of phenols is 2. The first-order valence-corrected chi connectivity index (χ1v) is 10.6. The van der Waals surface area contributed by atoms with Crippen LogP contribution in [0.5, 0.6) is 11.5 Å². The van der Waals surface area contributed by atoms with Crippen LogP contribution in [0.3, 0.4) is 0 Å². The Kier molecular flexibility index (Phi) is 5.60. The highest BCUT2D eigenvalue weighted by molar-refractivity contribution is 6.03. The molecule has 4 rings (SSSR count). The van der Waals surface area contributed by atoms with Crippen molar-refractivity contribution in [3.63, 3.8) is 0 Å². The lowest BCUT2D eigenvalue weighted by Crippen LogP contribution is -2.36. The van der Waals surface area contributed by atoms with Crippen molar-refractivity contribution in [3.8, 4) is 22.6 Å². The third kappa shape index (κ3) is 4.53. The molecular weight excluding hydrogens is 431 g/mol. The maximum atomic E-state index is 13.4. The van der Waals surface area contributed by atoms with Crippen LogP contribution < -0.4 is 4.90 Å². The second-order valence-corrected chi connectivity index (χ2v) is 8.64. The third-order valence-electron chi connectivity index (χ3n) is 6.24. The highest BCUT2D eigenvalue weighted by atomic mass is 19.4. The molecule has 0 heterocycles. The maximum absolute atomic E-state index is 13.4. The monoisotopic (exact) mass is 455 g/mol. The number of alkyl halides is 3. The number of rotatable bonds is 5.